The summed E-state index contributed by atoms with van der Waals surface area (Å²) in [5.41, 5.74) is 4.23. The second-order valence-corrected chi connectivity index (χ2v) is 9.21. The average Bonchev–Trinajstić information content (AvgIpc) is 3.50. The van der Waals surface area contributed by atoms with Gasteiger partial charge in [0.2, 0.25) is 0 Å². The second kappa shape index (κ2) is 9.86. The van der Waals surface area contributed by atoms with Crippen LogP contribution in [-0.4, -0.2) is 65.0 Å². The molecule has 12 nitrogen and oxygen atoms in total. The summed E-state index contributed by atoms with van der Waals surface area (Å²) in [5, 5.41) is 25.2. The second-order valence-electron chi connectivity index (χ2n) is 9.21. The number of carbonyl (C=O) groups is 1. The summed E-state index contributed by atoms with van der Waals surface area (Å²) in [6.07, 6.45) is 2.70. The molecule has 1 N–H and O–H groups in total. The molecule has 1 aliphatic heterocycles. The topological polar surface area (TPSA) is 140 Å². The van der Waals surface area contributed by atoms with E-state index in [9.17, 15) is 10.1 Å². The maximum atomic E-state index is 12.4. The maximum Gasteiger partial charge on any atom is 0.260 e. The molecule has 194 valence electrons. The summed E-state index contributed by atoms with van der Waals surface area (Å²) in [6.45, 7) is 5.11. The molecule has 0 spiro atoms. The number of nitrogens with zero attached hydrogens (tertiary/aromatic N) is 9. The van der Waals surface area contributed by atoms with Gasteiger partial charge in [-0.3, -0.25) is 9.36 Å². The van der Waals surface area contributed by atoms with E-state index in [-0.39, 0.29) is 18.2 Å². The quantitative estimate of drug-likeness (QED) is 0.342. The highest BCUT2D eigenvalue weighted by atomic mass is 16.5. The van der Waals surface area contributed by atoms with E-state index in [0.29, 0.717) is 28.9 Å². The van der Waals surface area contributed by atoms with Gasteiger partial charge in [0.05, 0.1) is 16.7 Å². The maximum absolute atomic E-state index is 12.4. The third kappa shape index (κ3) is 4.73. The first-order valence-electron chi connectivity index (χ1n) is 12.4. The van der Waals surface area contributed by atoms with Crippen molar-refractivity contribution in [3.05, 3.63) is 71.9 Å². The molecule has 1 fully saturated rings. The predicted octanol–water partition coefficient (Wildman–Crippen LogP) is 3.24. The van der Waals surface area contributed by atoms with Gasteiger partial charge in [0, 0.05) is 24.5 Å². The number of anilines is 2. The first-order chi connectivity index (χ1) is 19.0. The number of nitrogens with one attached hydrogen (secondary N) is 1. The number of fused-ring (bicyclic) bond motifs is 1. The van der Waals surface area contributed by atoms with Crippen molar-refractivity contribution < 1.29 is 9.53 Å². The minimum Gasteiger partial charge on any atom is -0.480 e. The predicted molar refractivity (Wildman–Crippen MR) is 142 cm³/mol. The summed E-state index contributed by atoms with van der Waals surface area (Å²) in [5.74, 6) is 1.90. The normalized spacial score (nSPS) is 12.7. The van der Waals surface area contributed by atoms with Gasteiger partial charge in [0.15, 0.2) is 29.7 Å². The van der Waals surface area contributed by atoms with E-state index in [1.54, 1.807) is 34.1 Å². The summed E-state index contributed by atoms with van der Waals surface area (Å²) < 4.78 is 9.31. The molecule has 1 amide bonds. The standard InChI is InChI=1S/C27H24N10O2/c1-17-4-8-24(33-32-17)30-19-5-6-22-21(13-19)29-16-36(22)25-9-7-23(39-15-26(38)35-10-3-11-35)27(31-25)37-18(2)12-20(14-28)34-37/h4-9,12-13,16H,3,10-11,15H2,1-2H3,(H,30,33). The number of amides is 1. The zero-order valence-corrected chi connectivity index (χ0v) is 21.4. The van der Waals surface area contributed by atoms with E-state index in [1.165, 1.54) is 0 Å². The van der Waals surface area contributed by atoms with Crippen LogP contribution < -0.4 is 10.1 Å². The van der Waals surface area contributed by atoms with Crippen molar-refractivity contribution in [3.8, 4) is 23.5 Å². The molecule has 6 rings (SSSR count). The number of carbonyl (C=O) groups excluding carboxylic acids is 1. The fraction of sp³-hybridized carbons (Fsp3) is 0.222. The zero-order chi connectivity index (χ0) is 26.9. The molecule has 0 aliphatic carbocycles. The monoisotopic (exact) mass is 520 g/mol. The lowest BCUT2D eigenvalue weighted by molar-refractivity contribution is -0.136. The first-order valence-corrected chi connectivity index (χ1v) is 12.4. The molecule has 0 unspecified atom stereocenters. The van der Waals surface area contributed by atoms with Crippen LogP contribution in [0, 0.1) is 25.2 Å². The van der Waals surface area contributed by atoms with E-state index in [0.717, 1.165) is 41.9 Å². The third-order valence-corrected chi connectivity index (χ3v) is 6.45. The van der Waals surface area contributed by atoms with Crippen molar-refractivity contribution in [1.29, 1.82) is 5.26 Å². The molecule has 0 atom stereocenters. The van der Waals surface area contributed by atoms with Gasteiger partial charge in [-0.1, -0.05) is 0 Å². The molecule has 0 radical (unpaired) electrons. The van der Waals surface area contributed by atoms with Crippen LogP contribution in [0.3, 0.4) is 0 Å². The minimum absolute atomic E-state index is 0.0761. The Balaban J connectivity index is 1.34. The Hall–Kier alpha value is -5.31. The number of nitriles is 1. The highest BCUT2D eigenvalue weighted by Gasteiger charge is 2.22. The number of benzene rings is 1. The number of aryl methyl sites for hydroxylation is 2. The van der Waals surface area contributed by atoms with E-state index in [2.05, 4.69) is 31.7 Å². The number of hydrogen-bond acceptors (Lipinski definition) is 9. The minimum atomic E-state index is -0.103. The van der Waals surface area contributed by atoms with Crippen LogP contribution in [-0.2, 0) is 4.79 Å². The SMILES string of the molecule is Cc1ccc(Nc2ccc3c(c2)ncn3-c2ccc(OCC(=O)N3CCC3)c(-n3nc(C#N)cc3C)n2)nn1. The van der Waals surface area contributed by atoms with E-state index in [4.69, 9.17) is 9.72 Å². The van der Waals surface area contributed by atoms with Crippen molar-refractivity contribution in [1.82, 2.24) is 39.4 Å². The Morgan fingerprint density at radius 1 is 1.10 bits per heavy atom. The van der Waals surface area contributed by atoms with Gasteiger partial charge in [0.1, 0.15) is 18.2 Å². The summed E-state index contributed by atoms with van der Waals surface area (Å²) in [4.78, 5) is 23.6. The van der Waals surface area contributed by atoms with Gasteiger partial charge in [-0.2, -0.15) is 15.5 Å². The Labute approximate surface area is 223 Å². The summed E-state index contributed by atoms with van der Waals surface area (Å²) in [7, 11) is 0. The lowest BCUT2D eigenvalue weighted by atomic mass is 10.2. The Bertz CT molecular complexity index is 1730. The molecule has 4 aromatic heterocycles. The van der Waals surface area contributed by atoms with Crippen molar-refractivity contribution in [2.75, 3.05) is 25.0 Å². The first kappa shape index (κ1) is 24.1. The van der Waals surface area contributed by atoms with Crippen molar-refractivity contribution >= 4 is 28.4 Å². The van der Waals surface area contributed by atoms with E-state index in [1.807, 2.05) is 48.7 Å². The highest BCUT2D eigenvalue weighted by Crippen LogP contribution is 2.27. The lowest BCUT2D eigenvalue weighted by Crippen LogP contribution is -2.44. The fourth-order valence-corrected chi connectivity index (χ4v) is 4.25. The Kier molecular flexibility index (Phi) is 6.08. The van der Waals surface area contributed by atoms with Crippen LogP contribution >= 0.6 is 0 Å². The molecule has 1 aromatic carbocycles. The Morgan fingerprint density at radius 3 is 2.69 bits per heavy atom. The molecule has 12 heteroatoms. The smallest absolute Gasteiger partial charge is 0.260 e. The van der Waals surface area contributed by atoms with Crippen LogP contribution in [0.4, 0.5) is 11.5 Å². The van der Waals surface area contributed by atoms with Gasteiger partial charge >= 0.3 is 0 Å². The Morgan fingerprint density at radius 2 is 1.97 bits per heavy atom. The van der Waals surface area contributed by atoms with Gasteiger partial charge in [-0.25, -0.2) is 14.6 Å². The molecule has 39 heavy (non-hydrogen) atoms. The van der Waals surface area contributed by atoms with Crippen molar-refractivity contribution in [2.45, 2.75) is 20.3 Å². The number of likely N-dealkylation sites (tertiary alicyclic amines) is 1. The molecule has 5 aromatic rings. The molecule has 5 heterocycles. The van der Waals surface area contributed by atoms with Gasteiger partial charge < -0.3 is 15.0 Å². The van der Waals surface area contributed by atoms with E-state index < -0.39 is 0 Å². The van der Waals surface area contributed by atoms with Crippen LogP contribution in [0.2, 0.25) is 0 Å². The van der Waals surface area contributed by atoms with Gasteiger partial charge in [-0.15, -0.1) is 5.10 Å². The summed E-state index contributed by atoms with van der Waals surface area (Å²) >= 11 is 0. The van der Waals surface area contributed by atoms with Gasteiger partial charge in [-0.05, 0) is 68.8 Å². The number of hydrogen-bond donors (Lipinski definition) is 1. The van der Waals surface area contributed by atoms with E-state index >= 15 is 0 Å². The third-order valence-electron chi connectivity index (χ3n) is 6.45. The molecular formula is C27H24N10O2. The van der Waals surface area contributed by atoms with Crippen molar-refractivity contribution in [2.24, 2.45) is 0 Å². The molecular weight excluding hydrogens is 496 g/mol. The van der Waals surface area contributed by atoms with Crippen LogP contribution in [0.15, 0.2) is 54.9 Å². The highest BCUT2D eigenvalue weighted by molar-refractivity contribution is 5.82. The number of aromatic nitrogens is 7. The van der Waals surface area contributed by atoms with Gasteiger partial charge in [0.25, 0.3) is 5.91 Å². The fourth-order valence-electron chi connectivity index (χ4n) is 4.25. The lowest BCUT2D eigenvalue weighted by Gasteiger charge is -2.30. The van der Waals surface area contributed by atoms with Crippen LogP contribution in [0.1, 0.15) is 23.5 Å². The summed E-state index contributed by atoms with van der Waals surface area (Å²) in [6, 6.07) is 16.8. The zero-order valence-electron chi connectivity index (χ0n) is 21.4. The number of imidazole rings is 1. The van der Waals surface area contributed by atoms with Crippen LogP contribution in [0.5, 0.6) is 5.75 Å². The largest absolute Gasteiger partial charge is 0.480 e. The number of rotatable bonds is 7. The molecule has 0 saturated carbocycles. The van der Waals surface area contributed by atoms with Crippen LogP contribution in [0.25, 0.3) is 22.7 Å². The molecule has 0 bridgehead atoms. The average molecular weight is 521 g/mol. The molecule has 1 saturated heterocycles. The molecule has 1 aliphatic rings. The number of pyridine rings is 1. The number of ether oxygens (including phenoxy) is 1. The van der Waals surface area contributed by atoms with Crippen molar-refractivity contribution in [3.63, 3.8) is 0 Å².